The molecule has 2 rings (SSSR count). The molecule has 0 heterocycles. The molecule has 0 radical (unpaired) electrons. The lowest BCUT2D eigenvalue weighted by Crippen LogP contribution is -2.38. The van der Waals surface area contributed by atoms with Crippen LogP contribution in [0.2, 0.25) is 0 Å². The molecule has 0 aliphatic rings. The molecule has 7 heteroatoms. The Morgan fingerprint density at radius 3 is 2.07 bits per heavy atom. The number of hydrogen-bond donors (Lipinski definition) is 1. The molecule has 0 saturated carbocycles. The van der Waals surface area contributed by atoms with Crippen LogP contribution in [-0.2, 0) is 28.6 Å². The number of nitrogens with one attached hydrogen (secondary N) is 1. The lowest BCUT2D eigenvalue weighted by Gasteiger charge is -2.26. The fourth-order valence-corrected chi connectivity index (χ4v) is 3.03. The summed E-state index contributed by atoms with van der Waals surface area (Å²) in [6, 6.07) is 10.1. The predicted octanol–water partition coefficient (Wildman–Crippen LogP) is 4.82. The lowest BCUT2D eigenvalue weighted by molar-refractivity contribution is -0.137. The Bertz CT molecular complexity index is 841. The van der Waals surface area contributed by atoms with Gasteiger partial charge in [-0.3, -0.25) is 9.59 Å². The van der Waals surface area contributed by atoms with E-state index in [9.17, 15) is 22.8 Å². The van der Waals surface area contributed by atoms with Crippen LogP contribution in [0.25, 0.3) is 0 Å². The van der Waals surface area contributed by atoms with E-state index in [1.54, 1.807) is 0 Å². The summed E-state index contributed by atoms with van der Waals surface area (Å²) in [5, 5.41) is 2.45. The zero-order valence-electron chi connectivity index (χ0n) is 16.1. The first-order valence-corrected chi connectivity index (χ1v) is 9.03. The van der Waals surface area contributed by atoms with Crippen molar-refractivity contribution in [2.24, 2.45) is 0 Å². The van der Waals surface area contributed by atoms with Crippen LogP contribution in [0.1, 0.15) is 37.5 Å². The molecule has 0 aromatic heterocycles. The number of para-hydroxylation sites is 1. The lowest BCUT2D eigenvalue weighted by atomic mass is 10.0. The number of carbonyl (C=O) groups is 2. The van der Waals surface area contributed by atoms with Gasteiger partial charge in [0.1, 0.15) is 6.54 Å². The Labute approximate surface area is 162 Å². The van der Waals surface area contributed by atoms with Gasteiger partial charge in [-0.2, -0.15) is 13.2 Å². The predicted molar refractivity (Wildman–Crippen MR) is 103 cm³/mol. The zero-order chi connectivity index (χ0) is 20.9. The first kappa shape index (κ1) is 21.5. The largest absolute Gasteiger partial charge is 0.416 e. The molecule has 0 saturated heterocycles. The minimum Gasteiger partial charge on any atom is -0.325 e. The highest BCUT2D eigenvalue weighted by Gasteiger charge is 2.30. The average molecular weight is 392 g/mol. The van der Waals surface area contributed by atoms with Crippen molar-refractivity contribution >= 4 is 23.2 Å². The van der Waals surface area contributed by atoms with Gasteiger partial charge in [0, 0.05) is 12.6 Å². The van der Waals surface area contributed by atoms with Crippen LogP contribution >= 0.6 is 0 Å². The Hall–Kier alpha value is -2.83. The number of benzene rings is 2. The number of carbonyl (C=O) groups excluding carboxylic acids is 2. The molecular formula is C21H23F3N2O2. The minimum atomic E-state index is -4.50. The van der Waals surface area contributed by atoms with Crippen LogP contribution < -0.4 is 10.2 Å². The third kappa shape index (κ3) is 5.12. The molecule has 0 unspecified atom stereocenters. The maximum atomic E-state index is 12.8. The van der Waals surface area contributed by atoms with E-state index in [-0.39, 0.29) is 18.1 Å². The van der Waals surface area contributed by atoms with Gasteiger partial charge >= 0.3 is 6.18 Å². The van der Waals surface area contributed by atoms with E-state index in [1.807, 2.05) is 32.0 Å². The molecule has 2 amide bonds. The number of aryl methyl sites for hydroxylation is 2. The highest BCUT2D eigenvalue weighted by molar-refractivity contribution is 6.02. The molecule has 2 aromatic carbocycles. The van der Waals surface area contributed by atoms with Gasteiger partial charge in [0.15, 0.2) is 0 Å². The highest BCUT2D eigenvalue weighted by Crippen LogP contribution is 2.31. The molecule has 0 bridgehead atoms. The van der Waals surface area contributed by atoms with Gasteiger partial charge in [-0.05, 0) is 42.2 Å². The topological polar surface area (TPSA) is 49.4 Å². The maximum Gasteiger partial charge on any atom is 0.416 e. The number of amides is 2. The summed E-state index contributed by atoms with van der Waals surface area (Å²) in [5.41, 5.74) is 1.74. The monoisotopic (exact) mass is 392 g/mol. The summed E-state index contributed by atoms with van der Waals surface area (Å²) >= 11 is 0. The number of rotatable bonds is 6. The van der Waals surface area contributed by atoms with Crippen LogP contribution in [-0.4, -0.2) is 18.4 Å². The summed E-state index contributed by atoms with van der Waals surface area (Å²) in [7, 11) is 0. The Kier molecular flexibility index (Phi) is 6.83. The van der Waals surface area contributed by atoms with Gasteiger partial charge < -0.3 is 10.2 Å². The zero-order valence-corrected chi connectivity index (χ0v) is 16.1. The smallest absolute Gasteiger partial charge is 0.325 e. The van der Waals surface area contributed by atoms with Crippen molar-refractivity contribution in [1.82, 2.24) is 0 Å². The van der Waals surface area contributed by atoms with Crippen molar-refractivity contribution in [2.75, 3.05) is 16.8 Å². The highest BCUT2D eigenvalue weighted by atomic mass is 19.4. The van der Waals surface area contributed by atoms with Crippen molar-refractivity contribution in [3.63, 3.8) is 0 Å². The first-order valence-electron chi connectivity index (χ1n) is 9.03. The van der Waals surface area contributed by atoms with Crippen LogP contribution in [0.4, 0.5) is 24.5 Å². The van der Waals surface area contributed by atoms with Crippen LogP contribution in [0.5, 0.6) is 0 Å². The fourth-order valence-electron chi connectivity index (χ4n) is 3.03. The van der Waals surface area contributed by atoms with Crippen molar-refractivity contribution < 1.29 is 22.8 Å². The molecule has 0 fully saturated rings. The fraction of sp³-hybridized carbons (Fsp3) is 0.333. The molecule has 0 aliphatic heterocycles. The third-order valence-electron chi connectivity index (χ3n) is 4.39. The quantitative estimate of drug-likeness (QED) is 0.766. The second kappa shape index (κ2) is 8.91. The molecule has 4 nitrogen and oxygen atoms in total. The van der Waals surface area contributed by atoms with E-state index in [1.165, 1.54) is 24.0 Å². The van der Waals surface area contributed by atoms with Crippen molar-refractivity contribution in [2.45, 2.75) is 39.8 Å². The molecule has 150 valence electrons. The standard InChI is InChI=1S/C21H23F3N2O2/c1-4-15-8-6-9-16(5-2)20(15)26(14(3)27)13-19(28)25-18-11-7-10-17(12-18)21(22,23)24/h6-12H,4-5,13H2,1-3H3,(H,25,28). The van der Waals surface area contributed by atoms with Gasteiger partial charge in [-0.1, -0.05) is 38.1 Å². The maximum absolute atomic E-state index is 12.8. The van der Waals surface area contributed by atoms with Crippen LogP contribution in [0.3, 0.4) is 0 Å². The Balaban J connectivity index is 2.27. The van der Waals surface area contributed by atoms with Crippen molar-refractivity contribution in [3.8, 4) is 0 Å². The van der Waals surface area contributed by atoms with E-state index < -0.39 is 17.6 Å². The first-order chi connectivity index (χ1) is 13.2. The third-order valence-corrected chi connectivity index (χ3v) is 4.39. The summed E-state index contributed by atoms with van der Waals surface area (Å²) < 4.78 is 38.5. The second-order valence-electron chi connectivity index (χ2n) is 6.36. The minimum absolute atomic E-state index is 0.0304. The molecule has 2 aromatic rings. The van der Waals surface area contributed by atoms with E-state index in [2.05, 4.69) is 5.32 Å². The molecule has 0 atom stereocenters. The molecule has 0 spiro atoms. The number of halogens is 3. The number of anilines is 2. The van der Waals surface area contributed by atoms with Crippen molar-refractivity contribution in [1.29, 1.82) is 0 Å². The van der Waals surface area contributed by atoms with Gasteiger partial charge in [0.2, 0.25) is 11.8 Å². The summed E-state index contributed by atoms with van der Waals surface area (Å²) in [5.74, 6) is -0.878. The normalized spacial score (nSPS) is 11.2. The Morgan fingerprint density at radius 2 is 1.57 bits per heavy atom. The van der Waals surface area contributed by atoms with E-state index >= 15 is 0 Å². The number of alkyl halides is 3. The average Bonchev–Trinajstić information content (AvgIpc) is 2.64. The van der Waals surface area contributed by atoms with Gasteiger partial charge in [0.05, 0.1) is 11.3 Å². The summed E-state index contributed by atoms with van der Waals surface area (Å²) in [6.07, 6.45) is -3.13. The SMILES string of the molecule is CCc1cccc(CC)c1N(CC(=O)Nc1cccc(C(F)(F)F)c1)C(C)=O. The molecular weight excluding hydrogens is 369 g/mol. The molecule has 28 heavy (non-hydrogen) atoms. The Morgan fingerprint density at radius 1 is 1.00 bits per heavy atom. The van der Waals surface area contributed by atoms with Gasteiger partial charge in [0.25, 0.3) is 0 Å². The number of hydrogen-bond acceptors (Lipinski definition) is 2. The van der Waals surface area contributed by atoms with Crippen LogP contribution in [0.15, 0.2) is 42.5 Å². The molecule has 1 N–H and O–H groups in total. The molecule has 0 aliphatic carbocycles. The van der Waals surface area contributed by atoms with Crippen molar-refractivity contribution in [3.05, 3.63) is 59.2 Å². The van der Waals surface area contributed by atoms with E-state index in [0.717, 1.165) is 23.3 Å². The van der Waals surface area contributed by atoms with Crippen LogP contribution in [0, 0.1) is 0 Å². The second-order valence-corrected chi connectivity index (χ2v) is 6.36. The summed E-state index contributed by atoms with van der Waals surface area (Å²) in [4.78, 5) is 26.1. The summed E-state index contributed by atoms with van der Waals surface area (Å²) in [6.45, 7) is 5.00. The number of nitrogens with zero attached hydrogens (tertiary/aromatic N) is 1. The van der Waals surface area contributed by atoms with E-state index in [4.69, 9.17) is 0 Å². The van der Waals surface area contributed by atoms with Gasteiger partial charge in [-0.15, -0.1) is 0 Å². The van der Waals surface area contributed by atoms with Gasteiger partial charge in [-0.25, -0.2) is 0 Å². The van der Waals surface area contributed by atoms with E-state index in [0.29, 0.717) is 18.5 Å².